The van der Waals surface area contributed by atoms with Gasteiger partial charge >= 0.3 is 0 Å². The van der Waals surface area contributed by atoms with Gasteiger partial charge in [0.25, 0.3) is 0 Å². The van der Waals surface area contributed by atoms with Crippen LogP contribution in [0, 0.1) is 22.7 Å². The van der Waals surface area contributed by atoms with Crippen LogP contribution in [-0.2, 0) is 4.79 Å². The fraction of sp³-hybridized carbons (Fsp3) is 0.833. The van der Waals surface area contributed by atoms with Crippen LogP contribution in [0.2, 0.25) is 0 Å². The summed E-state index contributed by atoms with van der Waals surface area (Å²) in [6.07, 6.45) is 0.847. The normalized spacial score (nSPS) is 29.3. The molecule has 0 aromatic heterocycles. The largest absolute Gasteiger partial charge is 0.391 e. The van der Waals surface area contributed by atoms with Crippen molar-refractivity contribution in [1.29, 1.82) is 5.26 Å². The van der Waals surface area contributed by atoms with E-state index in [1.165, 1.54) is 0 Å². The van der Waals surface area contributed by atoms with E-state index in [0.717, 1.165) is 6.42 Å². The second-order valence-corrected chi connectivity index (χ2v) is 4.88. The molecule has 0 spiro atoms. The number of aliphatic hydroxyl groups excluding tert-OH is 1. The van der Waals surface area contributed by atoms with Gasteiger partial charge in [0.1, 0.15) is 5.41 Å². The van der Waals surface area contributed by atoms with E-state index in [2.05, 4.69) is 6.07 Å². The monoisotopic (exact) mass is 224 g/mol. The third-order valence-corrected chi connectivity index (χ3v) is 3.63. The van der Waals surface area contributed by atoms with Crippen LogP contribution in [-0.4, -0.2) is 35.1 Å². The lowest BCUT2D eigenvalue weighted by molar-refractivity contribution is -0.142. The van der Waals surface area contributed by atoms with Gasteiger partial charge in [0, 0.05) is 13.1 Å². The van der Waals surface area contributed by atoms with Gasteiger partial charge in [0.05, 0.1) is 12.2 Å². The molecule has 1 N–H and O–H groups in total. The van der Waals surface area contributed by atoms with Gasteiger partial charge in [-0.05, 0) is 25.7 Å². The summed E-state index contributed by atoms with van der Waals surface area (Å²) in [5.74, 6) is 0.0856. The zero-order valence-corrected chi connectivity index (χ0v) is 10.2. The molecule has 1 heterocycles. The van der Waals surface area contributed by atoms with E-state index in [1.807, 2.05) is 13.8 Å². The number of amides is 1. The molecule has 4 nitrogen and oxygen atoms in total. The molecule has 1 aliphatic rings. The number of nitriles is 1. The van der Waals surface area contributed by atoms with Crippen LogP contribution < -0.4 is 0 Å². The average Bonchev–Trinajstić information content (AvgIpc) is 2.30. The fourth-order valence-corrected chi connectivity index (χ4v) is 1.86. The first-order valence-electron chi connectivity index (χ1n) is 5.83. The fourth-order valence-electron chi connectivity index (χ4n) is 1.86. The zero-order chi connectivity index (χ0) is 12.3. The van der Waals surface area contributed by atoms with Crippen LogP contribution >= 0.6 is 0 Å². The molecule has 90 valence electrons. The highest BCUT2D eigenvalue weighted by atomic mass is 16.3. The molecular weight excluding hydrogens is 204 g/mol. The summed E-state index contributed by atoms with van der Waals surface area (Å²) in [7, 11) is 0. The first kappa shape index (κ1) is 13.0. The maximum atomic E-state index is 12.1. The van der Waals surface area contributed by atoms with Crippen molar-refractivity contribution in [1.82, 2.24) is 4.90 Å². The van der Waals surface area contributed by atoms with E-state index in [-0.39, 0.29) is 11.8 Å². The quantitative estimate of drug-likeness (QED) is 0.765. The molecule has 0 aromatic rings. The molecule has 0 bridgehead atoms. The molecular formula is C12H20N2O2. The third-order valence-electron chi connectivity index (χ3n) is 3.63. The number of β-amino-alcohol motifs (C(OH)–C–C–N with tert-alkyl or cyclic N) is 1. The highest BCUT2D eigenvalue weighted by molar-refractivity contribution is 5.85. The van der Waals surface area contributed by atoms with E-state index in [4.69, 9.17) is 5.26 Å². The predicted molar refractivity (Wildman–Crippen MR) is 60.4 cm³/mol. The van der Waals surface area contributed by atoms with Crippen LogP contribution in [0.5, 0.6) is 0 Å². The van der Waals surface area contributed by atoms with Crippen molar-refractivity contribution in [3.63, 3.8) is 0 Å². The summed E-state index contributed by atoms with van der Waals surface area (Å²) in [5.41, 5.74) is -0.944. The molecule has 4 heteroatoms. The van der Waals surface area contributed by atoms with Crippen molar-refractivity contribution in [2.24, 2.45) is 11.3 Å². The van der Waals surface area contributed by atoms with E-state index >= 15 is 0 Å². The highest BCUT2D eigenvalue weighted by Crippen LogP contribution is 2.26. The third kappa shape index (κ3) is 2.35. The van der Waals surface area contributed by atoms with Gasteiger partial charge in [-0.25, -0.2) is 0 Å². The number of hydrogen-bond donors (Lipinski definition) is 1. The summed E-state index contributed by atoms with van der Waals surface area (Å²) < 4.78 is 0. The SMILES string of the molecule is CCC(C)(C#N)C(=O)N1CCC(C)C(O)C1. The van der Waals surface area contributed by atoms with Crippen molar-refractivity contribution in [3.05, 3.63) is 0 Å². The standard InChI is InChI=1S/C12H20N2O2/c1-4-12(3,8-13)11(16)14-6-5-9(2)10(15)7-14/h9-10,15H,4-7H2,1-3H3. The van der Waals surface area contributed by atoms with E-state index in [9.17, 15) is 9.90 Å². The molecule has 1 amide bonds. The first-order chi connectivity index (χ1) is 7.44. The van der Waals surface area contributed by atoms with Gasteiger partial charge in [0.2, 0.25) is 5.91 Å². The minimum Gasteiger partial charge on any atom is -0.391 e. The Bertz CT molecular complexity index is 311. The summed E-state index contributed by atoms with van der Waals surface area (Å²) >= 11 is 0. The van der Waals surface area contributed by atoms with E-state index in [1.54, 1.807) is 11.8 Å². The molecule has 3 unspecified atom stereocenters. The van der Waals surface area contributed by atoms with Crippen molar-refractivity contribution >= 4 is 5.91 Å². The second-order valence-electron chi connectivity index (χ2n) is 4.88. The molecule has 0 aromatic carbocycles. The summed E-state index contributed by atoms with van der Waals surface area (Å²) in [6.45, 7) is 6.49. The minimum absolute atomic E-state index is 0.150. The Balaban J connectivity index is 2.73. The Morgan fingerprint density at radius 3 is 2.75 bits per heavy atom. The summed E-state index contributed by atoms with van der Waals surface area (Å²) in [6, 6.07) is 2.08. The topological polar surface area (TPSA) is 64.3 Å². The lowest BCUT2D eigenvalue weighted by Crippen LogP contribution is -2.50. The van der Waals surface area contributed by atoms with Crippen molar-refractivity contribution < 1.29 is 9.90 Å². The predicted octanol–water partition coefficient (Wildman–Crippen LogP) is 1.16. The van der Waals surface area contributed by atoms with Crippen LogP contribution in [0.1, 0.15) is 33.6 Å². The number of piperidine rings is 1. The van der Waals surface area contributed by atoms with Gasteiger partial charge in [-0.15, -0.1) is 0 Å². The van der Waals surface area contributed by atoms with Gasteiger partial charge in [-0.3, -0.25) is 4.79 Å². The van der Waals surface area contributed by atoms with Gasteiger partial charge in [-0.1, -0.05) is 13.8 Å². The minimum atomic E-state index is -0.944. The Hall–Kier alpha value is -1.08. The molecule has 0 radical (unpaired) electrons. The molecule has 0 aliphatic carbocycles. The van der Waals surface area contributed by atoms with Crippen molar-refractivity contribution in [3.8, 4) is 6.07 Å². The lowest BCUT2D eigenvalue weighted by Gasteiger charge is -2.37. The van der Waals surface area contributed by atoms with Crippen LogP contribution in [0.3, 0.4) is 0 Å². The molecule has 1 aliphatic heterocycles. The summed E-state index contributed by atoms with van der Waals surface area (Å²) in [4.78, 5) is 13.7. The molecule has 1 rings (SSSR count). The van der Waals surface area contributed by atoms with E-state index < -0.39 is 11.5 Å². The van der Waals surface area contributed by atoms with Gasteiger partial charge < -0.3 is 10.0 Å². The van der Waals surface area contributed by atoms with Crippen LogP contribution in [0.4, 0.5) is 0 Å². The number of rotatable bonds is 2. The molecule has 0 saturated carbocycles. The first-order valence-corrected chi connectivity index (χ1v) is 5.83. The number of carbonyl (C=O) groups is 1. The maximum absolute atomic E-state index is 12.1. The Morgan fingerprint density at radius 1 is 1.69 bits per heavy atom. The Kier molecular flexibility index (Phi) is 3.93. The lowest BCUT2D eigenvalue weighted by atomic mass is 9.86. The maximum Gasteiger partial charge on any atom is 0.242 e. The van der Waals surface area contributed by atoms with Gasteiger partial charge in [0.15, 0.2) is 0 Å². The second kappa shape index (κ2) is 4.84. The molecule has 1 saturated heterocycles. The number of likely N-dealkylation sites (tertiary alicyclic amines) is 1. The van der Waals surface area contributed by atoms with Crippen molar-refractivity contribution in [2.75, 3.05) is 13.1 Å². The number of carbonyl (C=O) groups excluding carboxylic acids is 1. The van der Waals surface area contributed by atoms with Gasteiger partial charge in [-0.2, -0.15) is 5.26 Å². The van der Waals surface area contributed by atoms with Crippen molar-refractivity contribution in [2.45, 2.75) is 39.7 Å². The molecule has 1 fully saturated rings. The van der Waals surface area contributed by atoms with Crippen LogP contribution in [0.25, 0.3) is 0 Å². The molecule has 3 atom stereocenters. The number of nitrogens with zero attached hydrogens (tertiary/aromatic N) is 2. The molecule has 16 heavy (non-hydrogen) atoms. The Morgan fingerprint density at radius 2 is 2.31 bits per heavy atom. The van der Waals surface area contributed by atoms with E-state index in [0.29, 0.717) is 19.5 Å². The number of hydrogen-bond acceptors (Lipinski definition) is 3. The summed E-state index contributed by atoms with van der Waals surface area (Å²) in [5, 5.41) is 18.8. The smallest absolute Gasteiger partial charge is 0.242 e. The highest BCUT2D eigenvalue weighted by Gasteiger charge is 2.38. The van der Waals surface area contributed by atoms with Crippen LogP contribution in [0.15, 0.2) is 0 Å². The average molecular weight is 224 g/mol. The number of aliphatic hydroxyl groups is 1. The zero-order valence-electron chi connectivity index (χ0n) is 10.2. The Labute approximate surface area is 96.9 Å².